The molecule has 1 unspecified atom stereocenters. The number of benzene rings is 1. The minimum absolute atomic E-state index is 0.491. The Bertz CT molecular complexity index is 459. The van der Waals surface area contributed by atoms with Crippen LogP contribution in [0.4, 0.5) is 0 Å². The van der Waals surface area contributed by atoms with Gasteiger partial charge in [0.25, 0.3) is 0 Å². The first-order valence-electron chi connectivity index (χ1n) is 5.36. The second kappa shape index (κ2) is 4.49. The molecule has 0 aliphatic carbocycles. The van der Waals surface area contributed by atoms with Crippen molar-refractivity contribution in [2.24, 2.45) is 7.05 Å². The standard InChI is InChI=1S/C13H16N2O/c1-10-3-5-11(6-4-10)7-13(16)12-8-14-9-15(12)2/h3-6,8-9,13,16H,7H2,1-2H3. The molecule has 2 aromatic rings. The van der Waals surface area contributed by atoms with Gasteiger partial charge in [0.2, 0.25) is 0 Å². The largest absolute Gasteiger partial charge is 0.386 e. The molecule has 0 aliphatic heterocycles. The quantitative estimate of drug-likeness (QED) is 0.852. The zero-order valence-electron chi connectivity index (χ0n) is 9.59. The third-order valence-electron chi connectivity index (χ3n) is 2.75. The van der Waals surface area contributed by atoms with Crippen molar-refractivity contribution in [3.05, 3.63) is 53.6 Å². The summed E-state index contributed by atoms with van der Waals surface area (Å²) < 4.78 is 1.85. The molecule has 0 radical (unpaired) electrons. The van der Waals surface area contributed by atoms with Gasteiger partial charge in [-0.1, -0.05) is 29.8 Å². The van der Waals surface area contributed by atoms with Crippen LogP contribution in [0.15, 0.2) is 36.8 Å². The summed E-state index contributed by atoms with van der Waals surface area (Å²) in [6, 6.07) is 8.22. The number of nitrogens with zero attached hydrogens (tertiary/aromatic N) is 2. The molecule has 0 saturated carbocycles. The van der Waals surface area contributed by atoms with E-state index in [2.05, 4.69) is 36.2 Å². The summed E-state index contributed by atoms with van der Waals surface area (Å²) in [6.07, 6.45) is 3.54. The highest BCUT2D eigenvalue weighted by Crippen LogP contribution is 2.17. The Morgan fingerprint density at radius 1 is 1.31 bits per heavy atom. The lowest BCUT2D eigenvalue weighted by molar-refractivity contribution is 0.170. The van der Waals surface area contributed by atoms with E-state index in [1.54, 1.807) is 12.5 Å². The Morgan fingerprint density at radius 2 is 2.00 bits per heavy atom. The Morgan fingerprint density at radius 3 is 2.56 bits per heavy atom. The number of aromatic nitrogens is 2. The number of hydrogen-bond donors (Lipinski definition) is 1. The van der Waals surface area contributed by atoms with Gasteiger partial charge in [0.1, 0.15) is 0 Å². The summed E-state index contributed by atoms with van der Waals surface area (Å²) in [5.41, 5.74) is 3.22. The highest BCUT2D eigenvalue weighted by atomic mass is 16.3. The van der Waals surface area contributed by atoms with Crippen LogP contribution in [0.5, 0.6) is 0 Å². The molecule has 0 amide bonds. The number of aliphatic hydroxyl groups excluding tert-OH is 1. The minimum atomic E-state index is -0.491. The van der Waals surface area contributed by atoms with Crippen molar-refractivity contribution < 1.29 is 5.11 Å². The Hall–Kier alpha value is -1.61. The maximum absolute atomic E-state index is 10.1. The lowest BCUT2D eigenvalue weighted by Crippen LogP contribution is -2.06. The van der Waals surface area contributed by atoms with Gasteiger partial charge in [-0.2, -0.15) is 0 Å². The molecule has 2 rings (SSSR count). The van der Waals surface area contributed by atoms with Crippen LogP contribution in [0.2, 0.25) is 0 Å². The molecule has 0 aliphatic rings. The molecule has 0 fully saturated rings. The monoisotopic (exact) mass is 216 g/mol. The molecule has 0 bridgehead atoms. The summed E-state index contributed by atoms with van der Waals surface area (Å²) in [7, 11) is 1.89. The van der Waals surface area contributed by atoms with E-state index in [9.17, 15) is 5.11 Å². The summed E-state index contributed by atoms with van der Waals surface area (Å²) in [6.45, 7) is 2.06. The number of aryl methyl sites for hydroxylation is 2. The fraction of sp³-hybridized carbons (Fsp3) is 0.308. The molecule has 0 spiro atoms. The third kappa shape index (κ3) is 2.31. The minimum Gasteiger partial charge on any atom is -0.386 e. The van der Waals surface area contributed by atoms with E-state index in [0.29, 0.717) is 6.42 Å². The van der Waals surface area contributed by atoms with Crippen molar-refractivity contribution in [1.29, 1.82) is 0 Å². The van der Waals surface area contributed by atoms with Crippen LogP contribution in [0.1, 0.15) is 22.9 Å². The van der Waals surface area contributed by atoms with Gasteiger partial charge in [-0.25, -0.2) is 4.98 Å². The maximum atomic E-state index is 10.1. The maximum Gasteiger partial charge on any atom is 0.0995 e. The van der Waals surface area contributed by atoms with Crippen LogP contribution < -0.4 is 0 Å². The first-order valence-corrected chi connectivity index (χ1v) is 5.36. The SMILES string of the molecule is Cc1ccc(CC(O)c2cncn2C)cc1. The van der Waals surface area contributed by atoms with Gasteiger partial charge in [0, 0.05) is 13.5 Å². The summed E-state index contributed by atoms with van der Waals surface area (Å²) >= 11 is 0. The van der Waals surface area contributed by atoms with Crippen molar-refractivity contribution in [2.45, 2.75) is 19.4 Å². The fourth-order valence-corrected chi connectivity index (χ4v) is 1.74. The molecule has 1 heterocycles. The zero-order valence-corrected chi connectivity index (χ0v) is 9.59. The first kappa shape index (κ1) is 10.9. The second-order valence-corrected chi connectivity index (χ2v) is 4.13. The molecule has 1 N–H and O–H groups in total. The van der Waals surface area contributed by atoms with E-state index in [1.165, 1.54) is 5.56 Å². The smallest absolute Gasteiger partial charge is 0.0995 e. The molecule has 3 heteroatoms. The fourth-order valence-electron chi connectivity index (χ4n) is 1.74. The topological polar surface area (TPSA) is 38.1 Å². The number of aliphatic hydroxyl groups is 1. The summed E-state index contributed by atoms with van der Waals surface area (Å²) in [5.74, 6) is 0. The molecular formula is C13H16N2O. The molecule has 1 aromatic heterocycles. The average Bonchev–Trinajstić information content (AvgIpc) is 2.68. The number of hydrogen-bond acceptors (Lipinski definition) is 2. The lowest BCUT2D eigenvalue weighted by atomic mass is 10.0. The van der Waals surface area contributed by atoms with Crippen molar-refractivity contribution in [3.8, 4) is 0 Å². The first-order chi connectivity index (χ1) is 7.66. The van der Waals surface area contributed by atoms with E-state index in [0.717, 1.165) is 11.3 Å². The van der Waals surface area contributed by atoms with E-state index in [-0.39, 0.29) is 0 Å². The van der Waals surface area contributed by atoms with Crippen LogP contribution in [-0.2, 0) is 13.5 Å². The van der Waals surface area contributed by atoms with Crippen molar-refractivity contribution in [3.63, 3.8) is 0 Å². The third-order valence-corrected chi connectivity index (χ3v) is 2.75. The lowest BCUT2D eigenvalue weighted by Gasteiger charge is -2.11. The molecule has 16 heavy (non-hydrogen) atoms. The molecule has 84 valence electrons. The average molecular weight is 216 g/mol. The number of imidazole rings is 1. The van der Waals surface area contributed by atoms with Crippen molar-refractivity contribution in [1.82, 2.24) is 9.55 Å². The van der Waals surface area contributed by atoms with E-state index in [4.69, 9.17) is 0 Å². The predicted molar refractivity (Wildman–Crippen MR) is 63.1 cm³/mol. The Kier molecular flexibility index (Phi) is 3.06. The van der Waals surface area contributed by atoms with Gasteiger partial charge >= 0.3 is 0 Å². The van der Waals surface area contributed by atoms with Crippen LogP contribution in [0, 0.1) is 6.92 Å². The van der Waals surface area contributed by atoms with Gasteiger partial charge in [-0.3, -0.25) is 0 Å². The van der Waals surface area contributed by atoms with Crippen LogP contribution in [-0.4, -0.2) is 14.7 Å². The Labute approximate surface area is 95.4 Å². The van der Waals surface area contributed by atoms with Gasteiger partial charge < -0.3 is 9.67 Å². The second-order valence-electron chi connectivity index (χ2n) is 4.13. The molecular weight excluding hydrogens is 200 g/mol. The highest BCUT2D eigenvalue weighted by molar-refractivity contribution is 5.22. The van der Waals surface area contributed by atoms with Crippen molar-refractivity contribution >= 4 is 0 Å². The molecule has 1 atom stereocenters. The number of rotatable bonds is 3. The predicted octanol–water partition coefficient (Wildman–Crippen LogP) is 2.00. The van der Waals surface area contributed by atoms with Gasteiger partial charge in [-0.05, 0) is 12.5 Å². The van der Waals surface area contributed by atoms with Gasteiger partial charge in [0.15, 0.2) is 0 Å². The van der Waals surface area contributed by atoms with Gasteiger partial charge in [0.05, 0.1) is 24.3 Å². The van der Waals surface area contributed by atoms with Gasteiger partial charge in [-0.15, -0.1) is 0 Å². The van der Waals surface area contributed by atoms with Crippen molar-refractivity contribution in [2.75, 3.05) is 0 Å². The summed E-state index contributed by atoms with van der Waals surface area (Å²) in [4.78, 5) is 4.00. The van der Waals surface area contributed by atoms with Crippen LogP contribution in [0.25, 0.3) is 0 Å². The van der Waals surface area contributed by atoms with E-state index < -0.39 is 6.10 Å². The van der Waals surface area contributed by atoms with E-state index in [1.807, 2.05) is 11.6 Å². The molecule has 3 nitrogen and oxygen atoms in total. The molecule has 1 aromatic carbocycles. The summed E-state index contributed by atoms with van der Waals surface area (Å²) in [5, 5.41) is 10.1. The zero-order chi connectivity index (χ0) is 11.5. The van der Waals surface area contributed by atoms with E-state index >= 15 is 0 Å². The Balaban J connectivity index is 2.10. The highest BCUT2D eigenvalue weighted by Gasteiger charge is 2.11. The van der Waals surface area contributed by atoms with Crippen LogP contribution in [0.3, 0.4) is 0 Å². The normalized spacial score (nSPS) is 12.7. The molecule has 0 saturated heterocycles. The van der Waals surface area contributed by atoms with Crippen LogP contribution >= 0.6 is 0 Å².